The number of amides is 3. The quantitative estimate of drug-likeness (QED) is 0.160. The van der Waals surface area contributed by atoms with Crippen LogP contribution in [0.25, 0.3) is 0 Å². The topological polar surface area (TPSA) is 189 Å². The molecule has 2 fully saturated rings. The van der Waals surface area contributed by atoms with E-state index in [9.17, 15) is 14.4 Å². The van der Waals surface area contributed by atoms with Crippen molar-refractivity contribution in [3.63, 3.8) is 0 Å². The molecule has 5 N–H and O–H groups in total. The minimum atomic E-state index is -0.592. The average Bonchev–Trinajstić information content (AvgIpc) is 3.59. The Labute approximate surface area is 301 Å². The molecule has 0 aliphatic carbocycles. The average molecular weight is 728 g/mol. The summed E-state index contributed by atoms with van der Waals surface area (Å²) in [6.07, 6.45) is 1.75. The van der Waals surface area contributed by atoms with Gasteiger partial charge in [-0.2, -0.15) is 0 Å². The Balaban J connectivity index is 1.13. The minimum absolute atomic E-state index is 0.0107. The molecule has 0 atom stereocenters. The van der Waals surface area contributed by atoms with E-state index in [4.69, 9.17) is 16.3 Å². The van der Waals surface area contributed by atoms with E-state index in [1.807, 2.05) is 59.7 Å². The summed E-state index contributed by atoms with van der Waals surface area (Å²) in [5, 5.41) is 9.84. The Kier molecular flexibility index (Phi) is 11.8. The second-order valence-corrected chi connectivity index (χ2v) is 15.0. The second-order valence-electron chi connectivity index (χ2n) is 13.6. The third-order valence-corrected chi connectivity index (χ3v) is 9.37. The summed E-state index contributed by atoms with van der Waals surface area (Å²) in [7, 11) is 0. The number of anilines is 4. The first-order valence-corrected chi connectivity index (χ1v) is 17.8. The molecule has 50 heavy (non-hydrogen) atoms. The number of carbonyl (C=O) groups is 3. The number of alkyl carbamates (subject to hydrolysis) is 1. The fourth-order valence-corrected chi connectivity index (χ4v) is 6.26. The van der Waals surface area contributed by atoms with Crippen molar-refractivity contribution in [3.05, 3.63) is 51.7 Å². The lowest BCUT2D eigenvalue weighted by Crippen LogP contribution is -2.51. The number of benzene rings is 1. The first-order valence-electron chi connectivity index (χ1n) is 16.6. The molecule has 4 heterocycles. The highest BCUT2D eigenvalue weighted by atomic mass is 35.5. The van der Waals surface area contributed by atoms with Crippen molar-refractivity contribution >= 4 is 63.3 Å². The zero-order valence-electron chi connectivity index (χ0n) is 29.4. The highest BCUT2D eigenvalue weighted by Crippen LogP contribution is 2.28. The van der Waals surface area contributed by atoms with E-state index in [2.05, 4.69) is 51.6 Å². The van der Waals surface area contributed by atoms with E-state index >= 15 is 0 Å². The number of hydrogen-bond donors (Lipinski definition) is 5. The van der Waals surface area contributed by atoms with Gasteiger partial charge in [-0.15, -0.1) is 0 Å². The van der Waals surface area contributed by atoms with Gasteiger partial charge in [0.05, 0.1) is 29.1 Å². The van der Waals surface area contributed by atoms with Crippen LogP contribution in [0.15, 0.2) is 30.5 Å². The van der Waals surface area contributed by atoms with E-state index < -0.39 is 11.7 Å². The summed E-state index contributed by atoms with van der Waals surface area (Å²) >= 11 is 7.49. The molecule has 15 nitrogen and oxygen atoms in total. The molecule has 0 saturated carbocycles. The first kappa shape index (κ1) is 37.2. The summed E-state index contributed by atoms with van der Waals surface area (Å²) < 4.78 is 5.33. The van der Waals surface area contributed by atoms with Gasteiger partial charge in [-0.3, -0.25) is 14.5 Å². The van der Waals surface area contributed by atoms with Gasteiger partial charge < -0.3 is 30.5 Å². The lowest BCUT2D eigenvalue weighted by atomic mass is 10.2. The van der Waals surface area contributed by atoms with Crippen LogP contribution in [0, 0.1) is 13.8 Å². The number of para-hydroxylation sites is 1. The molecule has 0 bridgehead atoms. The maximum Gasteiger partial charge on any atom is 0.407 e. The molecular formula is C33H46ClN11O4S. The largest absolute Gasteiger partial charge is 0.444 e. The van der Waals surface area contributed by atoms with Gasteiger partial charge in [-0.25, -0.2) is 30.6 Å². The zero-order chi connectivity index (χ0) is 36.1. The van der Waals surface area contributed by atoms with Crippen LogP contribution < -0.4 is 31.7 Å². The first-order chi connectivity index (χ1) is 23.7. The SMILES string of the molecule is Cc1nc(Nc2ncc(C(=O)Nc3c(C)cccc3Cl)s2)cc(N2CCN(CC(=O)N(CCNC(=O)OC(C)(C)C)CCC3(C)NN3)CC2)n1. The van der Waals surface area contributed by atoms with Crippen LogP contribution in [0.1, 0.15) is 55.2 Å². The van der Waals surface area contributed by atoms with Gasteiger partial charge >= 0.3 is 6.09 Å². The van der Waals surface area contributed by atoms with E-state index in [1.165, 1.54) is 17.5 Å². The number of halogens is 1. The van der Waals surface area contributed by atoms with Crippen LogP contribution in [0.2, 0.25) is 5.02 Å². The standard InChI is InChI=1S/C33H46ClN11O4S/c1-21-8-7-9-23(34)28(21)40-29(47)24-19-36-30(50-24)39-25-18-26(38-22(2)37-25)44-16-14-43(15-17-44)20-27(46)45(12-10-33(6)41-42-33)13-11-35-31(48)49-32(3,4)5/h7-9,18-19,41-42H,10-17,20H2,1-6H3,(H,35,48)(H,40,47)(H,36,37,38,39). The number of thiazole rings is 1. The highest BCUT2D eigenvalue weighted by Gasteiger charge is 2.36. The van der Waals surface area contributed by atoms with Gasteiger partial charge in [0, 0.05) is 51.9 Å². The number of rotatable bonds is 13. The molecule has 2 saturated heterocycles. The normalized spacial score (nSPS) is 15.7. The van der Waals surface area contributed by atoms with Crippen molar-refractivity contribution in [2.75, 3.05) is 67.9 Å². The Hall–Kier alpha value is -4.09. The molecule has 17 heteroatoms. The van der Waals surface area contributed by atoms with Crippen LogP contribution >= 0.6 is 22.9 Å². The summed E-state index contributed by atoms with van der Waals surface area (Å²) in [4.78, 5) is 58.6. The highest BCUT2D eigenvalue weighted by molar-refractivity contribution is 7.17. The third-order valence-electron chi connectivity index (χ3n) is 8.14. The van der Waals surface area contributed by atoms with Gasteiger partial charge in [0.1, 0.15) is 27.9 Å². The van der Waals surface area contributed by atoms with Crippen molar-refractivity contribution in [1.29, 1.82) is 0 Å². The summed E-state index contributed by atoms with van der Waals surface area (Å²) in [6, 6.07) is 7.31. The number of aryl methyl sites for hydroxylation is 2. The Morgan fingerprint density at radius 2 is 1.84 bits per heavy atom. The van der Waals surface area contributed by atoms with Crippen molar-refractivity contribution in [1.82, 2.24) is 40.9 Å². The number of hydrogen-bond acceptors (Lipinski definition) is 13. The number of piperazine rings is 1. The second kappa shape index (κ2) is 15.9. The number of hydrazine groups is 1. The van der Waals surface area contributed by atoms with Crippen LogP contribution in [0.4, 0.5) is 27.2 Å². The predicted octanol–water partition coefficient (Wildman–Crippen LogP) is 3.89. The van der Waals surface area contributed by atoms with Gasteiger partial charge in [-0.05, 0) is 59.6 Å². The third kappa shape index (κ3) is 10.7. The van der Waals surface area contributed by atoms with Crippen molar-refractivity contribution in [3.8, 4) is 0 Å². The zero-order valence-corrected chi connectivity index (χ0v) is 30.9. The summed E-state index contributed by atoms with van der Waals surface area (Å²) in [5.41, 5.74) is 6.89. The lowest BCUT2D eigenvalue weighted by molar-refractivity contribution is -0.132. The monoisotopic (exact) mass is 727 g/mol. The smallest absolute Gasteiger partial charge is 0.407 e. The van der Waals surface area contributed by atoms with Crippen LogP contribution in [0.3, 0.4) is 0 Å². The fraction of sp³-hybridized carbons (Fsp3) is 0.515. The molecular weight excluding hydrogens is 682 g/mol. The van der Waals surface area contributed by atoms with Crippen molar-refractivity contribution in [2.45, 2.75) is 59.2 Å². The van der Waals surface area contributed by atoms with Gasteiger partial charge in [0.25, 0.3) is 5.91 Å². The minimum Gasteiger partial charge on any atom is -0.444 e. The molecule has 2 aromatic heterocycles. The fourth-order valence-electron chi connectivity index (χ4n) is 5.27. The number of aromatic nitrogens is 3. The van der Waals surface area contributed by atoms with E-state index in [0.29, 0.717) is 78.2 Å². The molecule has 3 amide bonds. The Morgan fingerprint density at radius 3 is 2.52 bits per heavy atom. The summed E-state index contributed by atoms with van der Waals surface area (Å²) in [6.45, 7) is 15.4. The molecule has 1 aromatic carbocycles. The molecule has 2 aliphatic rings. The maximum absolute atomic E-state index is 13.5. The van der Waals surface area contributed by atoms with Crippen molar-refractivity contribution in [2.24, 2.45) is 0 Å². The van der Waals surface area contributed by atoms with Crippen LogP contribution in [0.5, 0.6) is 0 Å². The number of nitrogens with one attached hydrogen (secondary N) is 5. The molecule has 3 aromatic rings. The van der Waals surface area contributed by atoms with Gasteiger partial charge in [0.2, 0.25) is 5.91 Å². The van der Waals surface area contributed by atoms with Crippen LogP contribution in [-0.2, 0) is 9.53 Å². The molecule has 0 spiro atoms. The van der Waals surface area contributed by atoms with Gasteiger partial charge in [-0.1, -0.05) is 35.1 Å². The van der Waals surface area contributed by atoms with E-state index in [-0.39, 0.29) is 24.0 Å². The van der Waals surface area contributed by atoms with Crippen molar-refractivity contribution < 1.29 is 19.1 Å². The van der Waals surface area contributed by atoms with E-state index in [0.717, 1.165) is 17.8 Å². The Bertz CT molecular complexity index is 1670. The predicted molar refractivity (Wildman–Crippen MR) is 195 cm³/mol. The molecule has 0 radical (unpaired) electrons. The molecule has 270 valence electrons. The lowest BCUT2D eigenvalue weighted by Gasteiger charge is -2.36. The molecule has 0 unspecified atom stereocenters. The number of ether oxygens (including phenoxy) is 1. The summed E-state index contributed by atoms with van der Waals surface area (Å²) in [5.74, 6) is 1.64. The number of carbonyl (C=O) groups excluding carboxylic acids is 3. The number of nitrogens with zero attached hydrogens (tertiary/aromatic N) is 6. The van der Waals surface area contributed by atoms with Gasteiger partial charge in [0.15, 0.2) is 5.13 Å². The van der Waals surface area contributed by atoms with Crippen LogP contribution in [-0.4, -0.2) is 106 Å². The maximum atomic E-state index is 13.5. The van der Waals surface area contributed by atoms with E-state index in [1.54, 1.807) is 11.0 Å². The molecule has 2 aliphatic heterocycles. The molecule has 5 rings (SSSR count). The Morgan fingerprint density at radius 1 is 1.10 bits per heavy atom.